The molecule has 0 saturated carbocycles. The van der Waals surface area contributed by atoms with Gasteiger partial charge in [-0.15, -0.1) is 11.3 Å². The smallest absolute Gasteiger partial charge is 0.224 e. The van der Waals surface area contributed by atoms with Crippen LogP contribution >= 0.6 is 34.5 Å². The standard InChI is InChI=1S/C19H22Cl2N2OS/c1-19(2,3)10-17(24)22-14-5-6-15-13(18(14)21)8-9-23(15)11-12-4-7-16(20)25-12/h4-7H,8-11H2,1-3H3,(H,22,24). The maximum atomic E-state index is 12.2. The Hall–Kier alpha value is -1.23. The zero-order valence-corrected chi connectivity index (χ0v) is 17.0. The molecular weight excluding hydrogens is 375 g/mol. The topological polar surface area (TPSA) is 32.3 Å². The molecule has 1 aliphatic heterocycles. The van der Waals surface area contributed by atoms with Gasteiger partial charge in [-0.25, -0.2) is 0 Å². The number of benzene rings is 1. The number of nitrogens with zero attached hydrogens (tertiary/aromatic N) is 1. The number of halogens is 2. The summed E-state index contributed by atoms with van der Waals surface area (Å²) >= 11 is 14.2. The van der Waals surface area contributed by atoms with Crippen LogP contribution in [0.1, 0.15) is 37.6 Å². The van der Waals surface area contributed by atoms with Crippen LogP contribution in [0.3, 0.4) is 0 Å². The molecule has 0 bridgehead atoms. The maximum absolute atomic E-state index is 12.2. The Kier molecular flexibility index (Phi) is 5.33. The zero-order valence-electron chi connectivity index (χ0n) is 14.7. The lowest BCUT2D eigenvalue weighted by atomic mass is 9.92. The molecule has 0 fully saturated rings. The SMILES string of the molecule is CC(C)(C)CC(=O)Nc1ccc2c(c1Cl)CCN2Cc1ccc(Cl)s1. The number of amides is 1. The summed E-state index contributed by atoms with van der Waals surface area (Å²) in [5.74, 6) is -0.00238. The van der Waals surface area contributed by atoms with Crippen LogP contribution in [0.4, 0.5) is 11.4 Å². The molecule has 0 saturated heterocycles. The molecule has 2 heterocycles. The number of carbonyl (C=O) groups is 1. The van der Waals surface area contributed by atoms with Gasteiger partial charge in [0, 0.05) is 23.5 Å². The summed E-state index contributed by atoms with van der Waals surface area (Å²) in [6.45, 7) is 7.89. The molecule has 25 heavy (non-hydrogen) atoms. The average Bonchev–Trinajstić information content (AvgIpc) is 3.08. The van der Waals surface area contributed by atoms with Crippen LogP contribution < -0.4 is 10.2 Å². The van der Waals surface area contributed by atoms with Crippen molar-refractivity contribution in [3.8, 4) is 0 Å². The van der Waals surface area contributed by atoms with E-state index in [0.29, 0.717) is 17.1 Å². The van der Waals surface area contributed by atoms with Crippen molar-refractivity contribution < 1.29 is 4.79 Å². The number of hydrogen-bond donors (Lipinski definition) is 1. The number of fused-ring (bicyclic) bond motifs is 1. The Morgan fingerprint density at radius 2 is 2.00 bits per heavy atom. The Bertz CT molecular complexity index is 795. The van der Waals surface area contributed by atoms with Gasteiger partial charge in [-0.2, -0.15) is 0 Å². The highest BCUT2D eigenvalue weighted by Crippen LogP contribution is 2.39. The van der Waals surface area contributed by atoms with Gasteiger partial charge in [-0.05, 0) is 41.7 Å². The van der Waals surface area contributed by atoms with E-state index >= 15 is 0 Å². The summed E-state index contributed by atoms with van der Waals surface area (Å²) in [6.07, 6.45) is 1.35. The summed E-state index contributed by atoms with van der Waals surface area (Å²) in [7, 11) is 0. The van der Waals surface area contributed by atoms with Crippen LogP contribution in [0.25, 0.3) is 0 Å². The fourth-order valence-electron chi connectivity index (χ4n) is 3.07. The second-order valence-electron chi connectivity index (χ2n) is 7.59. The Balaban J connectivity index is 1.75. The molecule has 134 valence electrons. The highest BCUT2D eigenvalue weighted by Gasteiger charge is 2.24. The van der Waals surface area contributed by atoms with Crippen LogP contribution in [0, 0.1) is 5.41 Å². The van der Waals surface area contributed by atoms with Crippen molar-refractivity contribution in [2.24, 2.45) is 5.41 Å². The van der Waals surface area contributed by atoms with Crippen molar-refractivity contribution in [1.29, 1.82) is 0 Å². The minimum absolute atomic E-state index is 0.00238. The monoisotopic (exact) mass is 396 g/mol. The number of carbonyl (C=O) groups excluding carboxylic acids is 1. The minimum Gasteiger partial charge on any atom is -0.366 e. The summed E-state index contributed by atoms with van der Waals surface area (Å²) in [5, 5.41) is 3.62. The predicted molar refractivity (Wildman–Crippen MR) is 108 cm³/mol. The van der Waals surface area contributed by atoms with Crippen LogP contribution in [0.5, 0.6) is 0 Å². The molecule has 1 N–H and O–H groups in total. The number of hydrogen-bond acceptors (Lipinski definition) is 3. The van der Waals surface area contributed by atoms with Gasteiger partial charge in [0.15, 0.2) is 0 Å². The maximum Gasteiger partial charge on any atom is 0.224 e. The van der Waals surface area contributed by atoms with Gasteiger partial charge in [0.2, 0.25) is 5.91 Å². The second kappa shape index (κ2) is 7.18. The molecular formula is C19H22Cl2N2OS. The van der Waals surface area contributed by atoms with Crippen LogP contribution in [0.15, 0.2) is 24.3 Å². The minimum atomic E-state index is -0.0495. The highest BCUT2D eigenvalue weighted by molar-refractivity contribution is 7.16. The third kappa shape index (κ3) is 4.49. The fraction of sp³-hybridized carbons (Fsp3) is 0.421. The number of anilines is 2. The molecule has 6 heteroatoms. The molecule has 3 nitrogen and oxygen atoms in total. The third-order valence-electron chi connectivity index (χ3n) is 4.13. The molecule has 0 unspecified atom stereocenters. The van der Waals surface area contributed by atoms with Crippen molar-refractivity contribution >= 4 is 51.8 Å². The first kappa shape index (κ1) is 18.6. The first-order valence-corrected chi connectivity index (χ1v) is 9.90. The molecule has 1 aromatic heterocycles. The van der Waals surface area contributed by atoms with E-state index in [4.69, 9.17) is 23.2 Å². The molecule has 0 spiro atoms. The lowest BCUT2D eigenvalue weighted by Gasteiger charge is -2.20. The van der Waals surface area contributed by atoms with E-state index in [2.05, 4.69) is 22.3 Å². The van der Waals surface area contributed by atoms with Crippen LogP contribution in [-0.2, 0) is 17.8 Å². The zero-order chi connectivity index (χ0) is 18.2. The van der Waals surface area contributed by atoms with E-state index in [9.17, 15) is 4.79 Å². The quantitative estimate of drug-likeness (QED) is 0.687. The summed E-state index contributed by atoms with van der Waals surface area (Å²) in [4.78, 5) is 15.7. The summed E-state index contributed by atoms with van der Waals surface area (Å²) in [6, 6.07) is 7.95. The van der Waals surface area contributed by atoms with E-state index in [1.54, 1.807) is 11.3 Å². The number of rotatable bonds is 4. The molecule has 0 aliphatic carbocycles. The van der Waals surface area contributed by atoms with E-state index in [-0.39, 0.29) is 11.3 Å². The van der Waals surface area contributed by atoms with Crippen molar-refractivity contribution in [1.82, 2.24) is 0 Å². The largest absolute Gasteiger partial charge is 0.366 e. The molecule has 0 radical (unpaired) electrons. The third-order valence-corrected chi connectivity index (χ3v) is 5.78. The number of nitrogens with one attached hydrogen (secondary N) is 1. The lowest BCUT2D eigenvalue weighted by Crippen LogP contribution is -2.20. The van der Waals surface area contributed by atoms with Gasteiger partial charge >= 0.3 is 0 Å². The van der Waals surface area contributed by atoms with E-state index < -0.39 is 0 Å². The summed E-state index contributed by atoms with van der Waals surface area (Å²) in [5.41, 5.74) is 2.91. The van der Waals surface area contributed by atoms with Gasteiger partial charge < -0.3 is 10.2 Å². The van der Waals surface area contributed by atoms with Crippen LogP contribution in [0.2, 0.25) is 9.36 Å². The van der Waals surface area contributed by atoms with Crippen molar-refractivity contribution in [2.75, 3.05) is 16.8 Å². The first-order chi connectivity index (χ1) is 11.7. The summed E-state index contributed by atoms with van der Waals surface area (Å²) < 4.78 is 0.810. The van der Waals surface area contributed by atoms with Crippen molar-refractivity contribution in [2.45, 2.75) is 40.2 Å². The van der Waals surface area contributed by atoms with E-state index in [0.717, 1.165) is 35.1 Å². The predicted octanol–water partition coefficient (Wildman–Crippen LogP) is 5.99. The normalized spacial score (nSPS) is 13.9. The van der Waals surface area contributed by atoms with Gasteiger partial charge in [0.05, 0.1) is 21.6 Å². The Morgan fingerprint density at radius 3 is 2.64 bits per heavy atom. The average molecular weight is 397 g/mol. The molecule has 0 atom stereocenters. The van der Waals surface area contributed by atoms with Gasteiger partial charge in [-0.3, -0.25) is 4.79 Å². The van der Waals surface area contributed by atoms with Gasteiger partial charge in [0.25, 0.3) is 0 Å². The molecule has 3 rings (SSSR count). The Labute approximate surface area is 162 Å². The van der Waals surface area contributed by atoms with E-state index in [1.807, 2.05) is 32.9 Å². The number of thiophene rings is 1. The fourth-order valence-corrected chi connectivity index (χ4v) is 4.48. The lowest BCUT2D eigenvalue weighted by molar-refractivity contribution is -0.117. The molecule has 1 amide bonds. The van der Waals surface area contributed by atoms with E-state index in [1.165, 1.54) is 4.88 Å². The molecule has 1 aromatic carbocycles. The molecule has 2 aromatic rings. The van der Waals surface area contributed by atoms with Crippen molar-refractivity contribution in [3.05, 3.63) is 44.1 Å². The van der Waals surface area contributed by atoms with Gasteiger partial charge in [0.1, 0.15) is 0 Å². The van der Waals surface area contributed by atoms with Crippen molar-refractivity contribution in [3.63, 3.8) is 0 Å². The highest BCUT2D eigenvalue weighted by atomic mass is 35.5. The molecule has 1 aliphatic rings. The second-order valence-corrected chi connectivity index (χ2v) is 9.77. The van der Waals surface area contributed by atoms with Crippen LogP contribution in [-0.4, -0.2) is 12.5 Å². The first-order valence-electron chi connectivity index (χ1n) is 8.33. The Morgan fingerprint density at radius 1 is 1.24 bits per heavy atom. The van der Waals surface area contributed by atoms with Gasteiger partial charge in [-0.1, -0.05) is 44.0 Å².